The summed E-state index contributed by atoms with van der Waals surface area (Å²) >= 11 is 6.31. The van der Waals surface area contributed by atoms with E-state index >= 15 is 0 Å². The van der Waals surface area contributed by atoms with Crippen molar-refractivity contribution in [3.05, 3.63) is 22.8 Å². The minimum Gasteiger partial charge on any atom is -0.409 e. The standard InChI is InChI=1S/C13H22ClN5O/c1-4-19(9-5-8-18(2)3)13-11(14)10(6-7-16-13)12(15)17-20/h6-7,20H,4-5,8-9H2,1-3H3,(H2,15,17). The lowest BCUT2D eigenvalue weighted by Gasteiger charge is -2.24. The summed E-state index contributed by atoms with van der Waals surface area (Å²) in [6, 6.07) is 1.63. The summed E-state index contributed by atoms with van der Waals surface area (Å²) in [5.41, 5.74) is 6.10. The molecule has 1 aromatic heterocycles. The Morgan fingerprint density at radius 1 is 1.45 bits per heavy atom. The second kappa shape index (κ2) is 7.91. The Balaban J connectivity index is 2.92. The van der Waals surface area contributed by atoms with Gasteiger partial charge in [-0.15, -0.1) is 0 Å². The van der Waals surface area contributed by atoms with Crippen molar-refractivity contribution >= 4 is 23.3 Å². The summed E-state index contributed by atoms with van der Waals surface area (Å²) in [5.74, 6) is 0.653. The summed E-state index contributed by atoms with van der Waals surface area (Å²) in [7, 11) is 4.08. The molecule has 0 radical (unpaired) electrons. The van der Waals surface area contributed by atoms with Gasteiger partial charge >= 0.3 is 0 Å². The van der Waals surface area contributed by atoms with E-state index in [4.69, 9.17) is 22.5 Å². The predicted octanol–water partition coefficient (Wildman–Crippen LogP) is 1.61. The maximum Gasteiger partial charge on any atom is 0.171 e. The van der Waals surface area contributed by atoms with Crippen LogP contribution in [0.15, 0.2) is 17.4 Å². The normalized spacial score (nSPS) is 11.9. The van der Waals surface area contributed by atoms with E-state index in [1.54, 1.807) is 12.3 Å². The number of halogens is 1. The van der Waals surface area contributed by atoms with Crippen molar-refractivity contribution in [3.8, 4) is 0 Å². The van der Waals surface area contributed by atoms with Gasteiger partial charge in [0.05, 0.1) is 5.02 Å². The van der Waals surface area contributed by atoms with Gasteiger partial charge in [0.15, 0.2) is 5.84 Å². The monoisotopic (exact) mass is 299 g/mol. The van der Waals surface area contributed by atoms with Crippen molar-refractivity contribution in [2.45, 2.75) is 13.3 Å². The number of aromatic nitrogens is 1. The van der Waals surface area contributed by atoms with E-state index in [-0.39, 0.29) is 5.84 Å². The Morgan fingerprint density at radius 2 is 2.15 bits per heavy atom. The van der Waals surface area contributed by atoms with Crippen LogP contribution in [0.25, 0.3) is 0 Å². The molecular weight excluding hydrogens is 278 g/mol. The molecule has 0 aliphatic heterocycles. The van der Waals surface area contributed by atoms with Crippen molar-refractivity contribution in [1.82, 2.24) is 9.88 Å². The van der Waals surface area contributed by atoms with Crippen LogP contribution in [-0.4, -0.2) is 54.7 Å². The molecule has 1 rings (SSSR count). The number of pyridine rings is 1. The molecule has 1 aromatic rings. The molecule has 0 aliphatic carbocycles. The summed E-state index contributed by atoms with van der Waals surface area (Å²) in [5, 5.41) is 12.2. The average molecular weight is 300 g/mol. The predicted molar refractivity (Wildman–Crippen MR) is 82.8 cm³/mol. The van der Waals surface area contributed by atoms with Crippen LogP contribution in [0.4, 0.5) is 5.82 Å². The summed E-state index contributed by atoms with van der Waals surface area (Å²) in [4.78, 5) is 8.53. The first kappa shape index (κ1) is 16.5. The van der Waals surface area contributed by atoms with E-state index in [9.17, 15) is 0 Å². The lowest BCUT2D eigenvalue weighted by atomic mass is 10.2. The van der Waals surface area contributed by atoms with Crippen molar-refractivity contribution in [1.29, 1.82) is 0 Å². The van der Waals surface area contributed by atoms with Crippen molar-refractivity contribution < 1.29 is 5.21 Å². The van der Waals surface area contributed by atoms with Crippen LogP contribution < -0.4 is 10.6 Å². The van der Waals surface area contributed by atoms with Crippen molar-refractivity contribution in [2.75, 3.05) is 38.6 Å². The first-order chi connectivity index (χ1) is 9.51. The molecule has 0 unspecified atom stereocenters. The smallest absolute Gasteiger partial charge is 0.171 e. The highest BCUT2D eigenvalue weighted by molar-refractivity contribution is 6.36. The van der Waals surface area contributed by atoms with Crippen LogP contribution >= 0.6 is 11.6 Å². The highest BCUT2D eigenvalue weighted by atomic mass is 35.5. The molecule has 1 heterocycles. The molecule has 0 atom stereocenters. The number of oxime groups is 1. The molecule has 0 aromatic carbocycles. The Bertz CT molecular complexity index is 464. The molecule has 7 heteroatoms. The molecule has 3 N–H and O–H groups in total. The molecule has 112 valence electrons. The largest absolute Gasteiger partial charge is 0.409 e. The van der Waals surface area contributed by atoms with Gasteiger partial charge in [-0.2, -0.15) is 0 Å². The number of nitrogens with zero attached hydrogens (tertiary/aromatic N) is 4. The average Bonchev–Trinajstić information content (AvgIpc) is 2.43. The van der Waals surface area contributed by atoms with Gasteiger partial charge in [-0.1, -0.05) is 16.8 Å². The van der Waals surface area contributed by atoms with Crippen molar-refractivity contribution in [3.63, 3.8) is 0 Å². The molecule has 0 aliphatic rings. The minimum absolute atomic E-state index is 0.0111. The van der Waals surface area contributed by atoms with Gasteiger partial charge < -0.3 is 20.7 Å². The lowest BCUT2D eigenvalue weighted by Crippen LogP contribution is -2.28. The van der Waals surface area contributed by atoms with E-state index in [2.05, 4.69) is 19.9 Å². The van der Waals surface area contributed by atoms with Crippen molar-refractivity contribution in [2.24, 2.45) is 10.9 Å². The number of anilines is 1. The Labute approximate surface area is 124 Å². The van der Waals surface area contributed by atoms with Gasteiger partial charge in [-0.05, 0) is 40.1 Å². The third-order valence-electron chi connectivity index (χ3n) is 2.97. The maximum absolute atomic E-state index is 8.77. The number of rotatable bonds is 7. The first-order valence-electron chi connectivity index (χ1n) is 6.53. The van der Waals surface area contributed by atoms with Gasteiger partial charge in [0.2, 0.25) is 0 Å². The quantitative estimate of drug-likeness (QED) is 0.346. The van der Waals surface area contributed by atoms with Crippen LogP contribution in [0, 0.1) is 0 Å². The highest BCUT2D eigenvalue weighted by Gasteiger charge is 2.15. The van der Waals surface area contributed by atoms with Crippen LogP contribution in [-0.2, 0) is 0 Å². The van der Waals surface area contributed by atoms with Crippen LogP contribution in [0.2, 0.25) is 5.02 Å². The second-order valence-electron chi connectivity index (χ2n) is 4.72. The van der Waals surface area contributed by atoms with E-state index in [1.807, 2.05) is 21.0 Å². The molecule has 0 bridgehead atoms. The second-order valence-corrected chi connectivity index (χ2v) is 5.10. The molecule has 0 saturated heterocycles. The molecular formula is C13H22ClN5O. The molecule has 0 amide bonds. The van der Waals surface area contributed by atoms with E-state index in [1.165, 1.54) is 0 Å². The number of amidine groups is 1. The minimum atomic E-state index is -0.0111. The summed E-state index contributed by atoms with van der Waals surface area (Å²) in [6.07, 6.45) is 2.62. The summed E-state index contributed by atoms with van der Waals surface area (Å²) < 4.78 is 0. The molecule has 0 saturated carbocycles. The Morgan fingerprint density at radius 3 is 2.70 bits per heavy atom. The third kappa shape index (κ3) is 4.25. The zero-order valence-corrected chi connectivity index (χ0v) is 12.9. The van der Waals surface area contributed by atoms with Gasteiger partial charge in [0.25, 0.3) is 0 Å². The fourth-order valence-corrected chi connectivity index (χ4v) is 2.22. The number of hydrogen-bond donors (Lipinski definition) is 2. The van der Waals surface area contributed by atoms with E-state index < -0.39 is 0 Å². The first-order valence-corrected chi connectivity index (χ1v) is 6.91. The van der Waals surface area contributed by atoms with E-state index in [0.717, 1.165) is 26.1 Å². The lowest BCUT2D eigenvalue weighted by molar-refractivity contribution is 0.318. The number of hydrogen-bond acceptors (Lipinski definition) is 5. The van der Waals surface area contributed by atoms with Gasteiger partial charge in [0, 0.05) is 24.8 Å². The fourth-order valence-electron chi connectivity index (χ4n) is 1.90. The third-order valence-corrected chi connectivity index (χ3v) is 3.34. The topological polar surface area (TPSA) is 78.0 Å². The van der Waals surface area contributed by atoms with E-state index in [0.29, 0.717) is 16.4 Å². The zero-order chi connectivity index (χ0) is 15.1. The van der Waals surface area contributed by atoms with Gasteiger partial charge in [-0.25, -0.2) is 4.98 Å². The molecule has 0 fully saturated rings. The zero-order valence-electron chi connectivity index (χ0n) is 12.2. The van der Waals surface area contributed by atoms with Gasteiger partial charge in [-0.3, -0.25) is 0 Å². The summed E-state index contributed by atoms with van der Waals surface area (Å²) in [6.45, 7) is 4.68. The van der Waals surface area contributed by atoms with Crippen LogP contribution in [0.5, 0.6) is 0 Å². The molecule has 6 nitrogen and oxygen atoms in total. The molecule has 0 spiro atoms. The van der Waals surface area contributed by atoms with Crippen LogP contribution in [0.3, 0.4) is 0 Å². The Kier molecular flexibility index (Phi) is 6.54. The maximum atomic E-state index is 8.77. The fraction of sp³-hybridized carbons (Fsp3) is 0.538. The SMILES string of the molecule is CCN(CCCN(C)C)c1nccc(/C(N)=N/O)c1Cl. The Hall–Kier alpha value is -1.53. The van der Waals surface area contributed by atoms with Crippen LogP contribution in [0.1, 0.15) is 18.9 Å². The molecule has 20 heavy (non-hydrogen) atoms. The highest BCUT2D eigenvalue weighted by Crippen LogP contribution is 2.26. The number of nitrogens with two attached hydrogens (primary N) is 1. The van der Waals surface area contributed by atoms with Gasteiger partial charge in [0.1, 0.15) is 5.82 Å².